The van der Waals surface area contributed by atoms with E-state index in [2.05, 4.69) is 31.4 Å². The summed E-state index contributed by atoms with van der Waals surface area (Å²) in [6.07, 6.45) is 6.06. The van der Waals surface area contributed by atoms with Gasteiger partial charge in [0.15, 0.2) is 0 Å². The number of piperazine rings is 1. The van der Waals surface area contributed by atoms with Crippen LogP contribution in [0.4, 0.5) is 10.6 Å². The van der Waals surface area contributed by atoms with Crippen LogP contribution in [0.2, 0.25) is 0 Å². The summed E-state index contributed by atoms with van der Waals surface area (Å²) in [6.45, 7) is 2.07. The number of amides is 1. The molecular formula is C21H19N9O2. The molecule has 0 spiro atoms. The molecule has 1 amide bonds. The van der Waals surface area contributed by atoms with Crippen molar-refractivity contribution in [3.63, 3.8) is 0 Å². The van der Waals surface area contributed by atoms with Crippen molar-refractivity contribution in [2.24, 2.45) is 7.05 Å². The number of fused-ring (bicyclic) bond motifs is 1. The first-order valence-corrected chi connectivity index (χ1v) is 10.0. The summed E-state index contributed by atoms with van der Waals surface area (Å²) in [5.41, 5.74) is 4.35. The van der Waals surface area contributed by atoms with Gasteiger partial charge in [-0.05, 0) is 18.2 Å². The Morgan fingerprint density at radius 1 is 1.12 bits per heavy atom. The Balaban J connectivity index is 1.52. The van der Waals surface area contributed by atoms with E-state index >= 15 is 0 Å². The van der Waals surface area contributed by atoms with Gasteiger partial charge in [0.05, 0.1) is 23.5 Å². The van der Waals surface area contributed by atoms with Crippen molar-refractivity contribution in [1.29, 1.82) is 5.26 Å². The van der Waals surface area contributed by atoms with Gasteiger partial charge in [-0.25, -0.2) is 14.3 Å². The second-order valence-corrected chi connectivity index (χ2v) is 7.54. The molecule has 5 rings (SSSR count). The molecule has 0 unspecified atom stereocenters. The number of aromatic nitrogens is 6. The summed E-state index contributed by atoms with van der Waals surface area (Å²) >= 11 is 0. The lowest BCUT2D eigenvalue weighted by Crippen LogP contribution is -2.48. The minimum atomic E-state index is -0.894. The number of carbonyl (C=O) groups is 1. The van der Waals surface area contributed by atoms with Gasteiger partial charge in [-0.2, -0.15) is 10.4 Å². The zero-order chi connectivity index (χ0) is 22.2. The van der Waals surface area contributed by atoms with E-state index in [1.165, 1.54) is 4.90 Å². The molecular weight excluding hydrogens is 410 g/mol. The van der Waals surface area contributed by atoms with Gasteiger partial charge in [0.25, 0.3) is 0 Å². The van der Waals surface area contributed by atoms with Crippen LogP contribution in [0, 0.1) is 11.3 Å². The second-order valence-electron chi connectivity index (χ2n) is 7.54. The minimum Gasteiger partial charge on any atom is -0.465 e. The molecule has 5 heterocycles. The van der Waals surface area contributed by atoms with E-state index in [9.17, 15) is 10.1 Å². The maximum atomic E-state index is 11.1. The van der Waals surface area contributed by atoms with Crippen LogP contribution in [0.3, 0.4) is 0 Å². The monoisotopic (exact) mass is 429 g/mol. The van der Waals surface area contributed by atoms with Crippen LogP contribution >= 0.6 is 0 Å². The molecule has 11 heteroatoms. The molecule has 32 heavy (non-hydrogen) atoms. The third kappa shape index (κ3) is 3.37. The summed E-state index contributed by atoms with van der Waals surface area (Å²) in [5.74, 6) is 0.786. The summed E-state index contributed by atoms with van der Waals surface area (Å²) in [7, 11) is 1.80. The van der Waals surface area contributed by atoms with E-state index in [1.54, 1.807) is 28.6 Å². The molecule has 4 aromatic rings. The van der Waals surface area contributed by atoms with E-state index in [0.717, 1.165) is 22.5 Å². The number of nitriles is 1. The molecule has 1 aliphatic rings. The third-order valence-corrected chi connectivity index (χ3v) is 5.56. The van der Waals surface area contributed by atoms with Crippen molar-refractivity contribution >= 4 is 17.4 Å². The number of aryl methyl sites for hydroxylation is 1. The predicted octanol–water partition coefficient (Wildman–Crippen LogP) is 1.86. The van der Waals surface area contributed by atoms with Gasteiger partial charge < -0.3 is 14.9 Å². The summed E-state index contributed by atoms with van der Waals surface area (Å²) in [4.78, 5) is 19.2. The van der Waals surface area contributed by atoms with E-state index in [0.29, 0.717) is 43.0 Å². The van der Waals surface area contributed by atoms with Crippen molar-refractivity contribution in [3.8, 4) is 28.5 Å². The van der Waals surface area contributed by atoms with Crippen LogP contribution in [-0.2, 0) is 7.05 Å². The molecule has 0 radical (unpaired) electrons. The van der Waals surface area contributed by atoms with Gasteiger partial charge in [-0.3, -0.25) is 4.68 Å². The number of pyridine rings is 2. The largest absolute Gasteiger partial charge is 0.465 e. The van der Waals surface area contributed by atoms with Crippen molar-refractivity contribution in [3.05, 3.63) is 48.5 Å². The van der Waals surface area contributed by atoms with Gasteiger partial charge in [0.2, 0.25) is 0 Å². The quantitative estimate of drug-likeness (QED) is 0.523. The number of hydrogen-bond donors (Lipinski definition) is 1. The first-order chi connectivity index (χ1) is 15.5. The average Bonchev–Trinajstić information content (AvgIpc) is 3.44. The van der Waals surface area contributed by atoms with Crippen LogP contribution in [-0.4, -0.2) is 71.9 Å². The Morgan fingerprint density at radius 3 is 2.56 bits per heavy atom. The van der Waals surface area contributed by atoms with E-state index in [4.69, 9.17) is 5.11 Å². The molecule has 1 aliphatic heterocycles. The lowest BCUT2D eigenvalue weighted by molar-refractivity contribution is 0.142. The molecule has 0 aliphatic carbocycles. The smallest absolute Gasteiger partial charge is 0.407 e. The van der Waals surface area contributed by atoms with Crippen LogP contribution in [0.1, 0.15) is 5.56 Å². The highest BCUT2D eigenvalue weighted by molar-refractivity contribution is 5.87. The molecule has 11 nitrogen and oxygen atoms in total. The number of carboxylic acid groups (broad SMARTS) is 1. The zero-order valence-corrected chi connectivity index (χ0v) is 17.3. The molecule has 0 atom stereocenters. The SMILES string of the molecule is Cn1cc(-c2cc(-c3ccc(N4CCN(C(=O)O)CC4)nc3)c3c(C#N)cnn3c2)nn1. The number of rotatable bonds is 3. The summed E-state index contributed by atoms with van der Waals surface area (Å²) < 4.78 is 3.31. The number of hydrogen-bond acceptors (Lipinski definition) is 7. The highest BCUT2D eigenvalue weighted by atomic mass is 16.4. The molecule has 1 fully saturated rings. The Morgan fingerprint density at radius 2 is 1.94 bits per heavy atom. The lowest BCUT2D eigenvalue weighted by atomic mass is 10.0. The Kier molecular flexibility index (Phi) is 4.67. The van der Waals surface area contributed by atoms with Crippen molar-refractivity contribution in [1.82, 2.24) is 34.5 Å². The van der Waals surface area contributed by atoms with Gasteiger partial charge >= 0.3 is 6.09 Å². The minimum absolute atomic E-state index is 0.445. The van der Waals surface area contributed by atoms with E-state index in [1.807, 2.05) is 30.6 Å². The highest BCUT2D eigenvalue weighted by Gasteiger charge is 2.21. The molecule has 1 N–H and O–H groups in total. The highest BCUT2D eigenvalue weighted by Crippen LogP contribution is 2.31. The first-order valence-electron chi connectivity index (χ1n) is 10.0. The topological polar surface area (TPSA) is 128 Å². The molecule has 0 aromatic carbocycles. The Bertz CT molecular complexity index is 1340. The van der Waals surface area contributed by atoms with Gasteiger partial charge in [-0.15, -0.1) is 5.10 Å². The Labute approximate surface area is 182 Å². The maximum Gasteiger partial charge on any atom is 0.407 e. The number of nitrogens with zero attached hydrogens (tertiary/aromatic N) is 9. The fraction of sp³-hybridized carbons (Fsp3) is 0.238. The van der Waals surface area contributed by atoms with Crippen molar-refractivity contribution in [2.75, 3.05) is 31.1 Å². The molecule has 0 bridgehead atoms. The van der Waals surface area contributed by atoms with E-state index < -0.39 is 6.09 Å². The molecule has 4 aromatic heterocycles. The molecule has 160 valence electrons. The fourth-order valence-corrected chi connectivity index (χ4v) is 3.90. The Hall–Kier alpha value is -4.46. The van der Waals surface area contributed by atoms with E-state index in [-0.39, 0.29) is 0 Å². The second kappa shape index (κ2) is 7.66. The summed E-state index contributed by atoms with van der Waals surface area (Å²) in [5, 5.41) is 31.2. The van der Waals surface area contributed by atoms with Crippen molar-refractivity contribution in [2.45, 2.75) is 0 Å². The molecule has 1 saturated heterocycles. The predicted molar refractivity (Wildman–Crippen MR) is 115 cm³/mol. The zero-order valence-electron chi connectivity index (χ0n) is 17.3. The number of anilines is 1. The van der Waals surface area contributed by atoms with Crippen LogP contribution < -0.4 is 4.90 Å². The third-order valence-electron chi connectivity index (χ3n) is 5.56. The fourth-order valence-electron chi connectivity index (χ4n) is 3.90. The standard InChI is InChI=1S/C21H19N9O2/c1-27-13-18(25-26-27)15-8-17(20-16(9-22)11-24-30(20)12-15)14-2-3-19(23-10-14)28-4-6-29(7-5-28)21(31)32/h2-3,8,10-13H,4-7H2,1H3,(H,31,32). The van der Waals surface area contributed by atoms with Crippen LogP contribution in [0.5, 0.6) is 0 Å². The molecule has 0 saturated carbocycles. The van der Waals surface area contributed by atoms with Gasteiger partial charge in [0.1, 0.15) is 17.6 Å². The lowest BCUT2D eigenvalue weighted by Gasteiger charge is -2.33. The van der Waals surface area contributed by atoms with Crippen LogP contribution in [0.15, 0.2) is 43.0 Å². The average molecular weight is 429 g/mol. The first kappa shape index (κ1) is 19.5. The summed E-state index contributed by atoms with van der Waals surface area (Å²) in [6, 6.07) is 8.04. The van der Waals surface area contributed by atoms with Crippen LogP contribution in [0.25, 0.3) is 27.9 Å². The maximum absolute atomic E-state index is 11.1. The van der Waals surface area contributed by atoms with Crippen molar-refractivity contribution < 1.29 is 9.90 Å². The normalized spacial score (nSPS) is 14.0. The van der Waals surface area contributed by atoms with Gasteiger partial charge in [0, 0.05) is 62.3 Å². The van der Waals surface area contributed by atoms with Gasteiger partial charge in [-0.1, -0.05) is 5.21 Å².